The van der Waals surface area contributed by atoms with Gasteiger partial charge in [-0.1, -0.05) is 48.0 Å². The predicted octanol–water partition coefficient (Wildman–Crippen LogP) is 2.46. The Morgan fingerprint density at radius 2 is 1.83 bits per heavy atom. The highest BCUT2D eigenvalue weighted by Crippen LogP contribution is 2.22. The van der Waals surface area contributed by atoms with Crippen molar-refractivity contribution in [3.05, 3.63) is 65.7 Å². The molecule has 0 bridgehead atoms. The van der Waals surface area contributed by atoms with Crippen molar-refractivity contribution >= 4 is 17.5 Å². The van der Waals surface area contributed by atoms with Crippen molar-refractivity contribution in [2.75, 3.05) is 11.4 Å². The second-order valence-corrected chi connectivity index (χ2v) is 5.97. The summed E-state index contributed by atoms with van der Waals surface area (Å²) in [5.74, 6) is 0.0126. The van der Waals surface area contributed by atoms with Gasteiger partial charge in [-0.15, -0.1) is 0 Å². The summed E-state index contributed by atoms with van der Waals surface area (Å²) < 4.78 is 0. The zero-order valence-electron chi connectivity index (χ0n) is 13.2. The number of hydrogen-bond donors (Lipinski definition) is 1. The first kappa shape index (κ1) is 15.3. The molecule has 1 N–H and O–H groups in total. The van der Waals surface area contributed by atoms with Crippen LogP contribution in [0.25, 0.3) is 0 Å². The van der Waals surface area contributed by atoms with E-state index in [2.05, 4.69) is 5.32 Å². The lowest BCUT2D eigenvalue weighted by molar-refractivity contribution is -0.121. The molecule has 2 aromatic carbocycles. The van der Waals surface area contributed by atoms with Crippen LogP contribution in [0.4, 0.5) is 5.69 Å². The van der Waals surface area contributed by atoms with Crippen LogP contribution in [-0.4, -0.2) is 24.4 Å². The van der Waals surface area contributed by atoms with Gasteiger partial charge in [0.25, 0.3) is 0 Å². The zero-order valence-corrected chi connectivity index (χ0v) is 13.2. The van der Waals surface area contributed by atoms with Crippen molar-refractivity contribution < 1.29 is 9.59 Å². The van der Waals surface area contributed by atoms with Crippen molar-refractivity contribution in [2.24, 2.45) is 0 Å². The molecule has 0 radical (unpaired) electrons. The lowest BCUT2D eigenvalue weighted by atomic mass is 10.1. The van der Waals surface area contributed by atoms with Gasteiger partial charge in [-0.2, -0.15) is 0 Å². The molecule has 23 heavy (non-hydrogen) atoms. The minimum Gasteiger partial charge on any atom is -0.351 e. The van der Waals surface area contributed by atoms with E-state index in [1.165, 1.54) is 0 Å². The van der Waals surface area contributed by atoms with Crippen molar-refractivity contribution in [1.82, 2.24) is 5.32 Å². The van der Waals surface area contributed by atoms with E-state index < -0.39 is 0 Å². The number of carbonyl (C=O) groups excluding carboxylic acids is 2. The Morgan fingerprint density at radius 1 is 1.13 bits per heavy atom. The molecule has 0 saturated carbocycles. The molecular formula is C19H20N2O2. The van der Waals surface area contributed by atoms with Crippen molar-refractivity contribution in [2.45, 2.75) is 25.8 Å². The number of benzene rings is 2. The van der Waals surface area contributed by atoms with Crippen LogP contribution in [0.2, 0.25) is 0 Å². The molecule has 2 aromatic rings. The summed E-state index contributed by atoms with van der Waals surface area (Å²) in [5.41, 5.74) is 3.03. The molecule has 1 atom stereocenters. The van der Waals surface area contributed by atoms with Crippen molar-refractivity contribution in [3.8, 4) is 0 Å². The maximum atomic E-state index is 12.2. The van der Waals surface area contributed by atoms with Crippen LogP contribution < -0.4 is 10.2 Å². The molecule has 1 saturated heterocycles. The van der Waals surface area contributed by atoms with Crippen LogP contribution in [0.3, 0.4) is 0 Å². The van der Waals surface area contributed by atoms with Crippen LogP contribution in [-0.2, 0) is 16.0 Å². The molecule has 4 heteroatoms. The number of amides is 2. The fourth-order valence-corrected chi connectivity index (χ4v) is 2.84. The van der Waals surface area contributed by atoms with Crippen LogP contribution in [0.15, 0.2) is 54.6 Å². The smallest absolute Gasteiger partial charge is 0.229 e. The molecule has 1 aliphatic rings. The SMILES string of the molecule is Cc1ccc(N2C[C@H](NC(=O)Cc3ccccc3)CC2=O)cc1. The topological polar surface area (TPSA) is 49.4 Å². The van der Waals surface area contributed by atoms with Crippen LogP contribution in [0.5, 0.6) is 0 Å². The third kappa shape index (κ3) is 3.77. The molecule has 1 heterocycles. The van der Waals surface area contributed by atoms with E-state index in [4.69, 9.17) is 0 Å². The van der Waals surface area contributed by atoms with Gasteiger partial charge in [0.2, 0.25) is 11.8 Å². The number of aryl methyl sites for hydroxylation is 1. The van der Waals surface area contributed by atoms with Gasteiger partial charge < -0.3 is 10.2 Å². The molecule has 0 aliphatic carbocycles. The summed E-state index contributed by atoms with van der Waals surface area (Å²) in [6.07, 6.45) is 0.699. The summed E-state index contributed by atoms with van der Waals surface area (Å²) in [6.45, 7) is 2.55. The van der Waals surface area contributed by atoms with E-state index in [0.717, 1.165) is 16.8 Å². The number of nitrogens with zero attached hydrogens (tertiary/aromatic N) is 1. The van der Waals surface area contributed by atoms with E-state index in [-0.39, 0.29) is 17.9 Å². The summed E-state index contributed by atoms with van der Waals surface area (Å²) in [5, 5.41) is 2.97. The Hall–Kier alpha value is -2.62. The molecule has 4 nitrogen and oxygen atoms in total. The third-order valence-corrected chi connectivity index (χ3v) is 4.04. The van der Waals surface area contributed by atoms with E-state index in [0.29, 0.717) is 19.4 Å². The maximum Gasteiger partial charge on any atom is 0.229 e. The average molecular weight is 308 g/mol. The number of hydrogen-bond acceptors (Lipinski definition) is 2. The minimum absolute atomic E-state index is 0.0419. The first-order chi connectivity index (χ1) is 11.1. The predicted molar refractivity (Wildman–Crippen MR) is 90.2 cm³/mol. The molecule has 1 fully saturated rings. The van der Waals surface area contributed by atoms with Gasteiger partial charge in [0, 0.05) is 18.7 Å². The fraction of sp³-hybridized carbons (Fsp3) is 0.263. The minimum atomic E-state index is -0.125. The molecule has 118 valence electrons. The van der Waals surface area contributed by atoms with Crippen molar-refractivity contribution in [1.29, 1.82) is 0 Å². The van der Waals surface area contributed by atoms with Gasteiger partial charge >= 0.3 is 0 Å². The third-order valence-electron chi connectivity index (χ3n) is 4.04. The Balaban J connectivity index is 1.59. The van der Waals surface area contributed by atoms with E-state index >= 15 is 0 Å². The monoisotopic (exact) mass is 308 g/mol. The zero-order chi connectivity index (χ0) is 16.2. The number of rotatable bonds is 4. The van der Waals surface area contributed by atoms with E-state index in [1.54, 1.807) is 4.90 Å². The van der Waals surface area contributed by atoms with Crippen LogP contribution >= 0.6 is 0 Å². The lowest BCUT2D eigenvalue weighted by Crippen LogP contribution is -2.38. The number of anilines is 1. The quantitative estimate of drug-likeness (QED) is 0.943. The average Bonchev–Trinajstić information content (AvgIpc) is 2.89. The molecule has 3 rings (SSSR count). The van der Waals surface area contributed by atoms with Gasteiger partial charge in [-0.05, 0) is 24.6 Å². The molecule has 1 aliphatic heterocycles. The Kier molecular flexibility index (Phi) is 4.42. The molecule has 0 aromatic heterocycles. The Bertz CT molecular complexity index is 695. The number of carbonyl (C=O) groups is 2. The largest absolute Gasteiger partial charge is 0.351 e. The van der Waals surface area contributed by atoms with E-state index in [1.807, 2.05) is 61.5 Å². The van der Waals surface area contributed by atoms with Gasteiger partial charge in [0.1, 0.15) is 0 Å². The molecular weight excluding hydrogens is 288 g/mol. The van der Waals surface area contributed by atoms with Crippen LogP contribution in [0, 0.1) is 6.92 Å². The first-order valence-corrected chi connectivity index (χ1v) is 7.82. The van der Waals surface area contributed by atoms with E-state index in [9.17, 15) is 9.59 Å². The van der Waals surface area contributed by atoms with Crippen LogP contribution in [0.1, 0.15) is 17.5 Å². The maximum absolute atomic E-state index is 12.2. The molecule has 0 unspecified atom stereocenters. The Labute approximate surface area is 136 Å². The highest BCUT2D eigenvalue weighted by Gasteiger charge is 2.31. The highest BCUT2D eigenvalue weighted by atomic mass is 16.2. The standard InChI is InChI=1S/C19H20N2O2/c1-14-7-9-17(10-8-14)21-13-16(12-19(21)23)20-18(22)11-15-5-3-2-4-6-15/h2-10,16H,11-13H2,1H3,(H,20,22)/t16-/m1/s1. The van der Waals surface area contributed by atoms with Gasteiger partial charge in [0.15, 0.2) is 0 Å². The lowest BCUT2D eigenvalue weighted by Gasteiger charge is -2.17. The Morgan fingerprint density at radius 3 is 2.52 bits per heavy atom. The van der Waals surface area contributed by atoms with Gasteiger partial charge in [-0.3, -0.25) is 9.59 Å². The number of nitrogens with one attached hydrogen (secondary N) is 1. The molecule has 2 amide bonds. The summed E-state index contributed by atoms with van der Waals surface area (Å²) in [7, 11) is 0. The first-order valence-electron chi connectivity index (χ1n) is 7.82. The fourth-order valence-electron chi connectivity index (χ4n) is 2.84. The second-order valence-electron chi connectivity index (χ2n) is 5.97. The highest BCUT2D eigenvalue weighted by molar-refractivity contribution is 5.96. The molecule has 0 spiro atoms. The summed E-state index contributed by atoms with van der Waals surface area (Å²) >= 11 is 0. The van der Waals surface area contributed by atoms with Gasteiger partial charge in [-0.25, -0.2) is 0 Å². The van der Waals surface area contributed by atoms with Crippen molar-refractivity contribution in [3.63, 3.8) is 0 Å². The summed E-state index contributed by atoms with van der Waals surface area (Å²) in [4.78, 5) is 26.0. The van der Waals surface area contributed by atoms with Gasteiger partial charge in [0.05, 0.1) is 12.5 Å². The normalized spacial score (nSPS) is 17.3. The second kappa shape index (κ2) is 6.65. The summed E-state index contributed by atoms with van der Waals surface area (Å²) in [6, 6.07) is 17.4.